The number of hydrogen-bond acceptors (Lipinski definition) is 6. The Bertz CT molecular complexity index is 921. The third kappa shape index (κ3) is 4.83. The highest BCUT2D eigenvalue weighted by Gasteiger charge is 2.31. The number of hydrogen-bond donors (Lipinski definition) is 0. The van der Waals surface area contributed by atoms with Crippen LogP contribution in [0.15, 0.2) is 17.0 Å². The van der Waals surface area contributed by atoms with Gasteiger partial charge < -0.3 is 19.3 Å². The minimum Gasteiger partial charge on any atom is -0.453 e. The highest BCUT2D eigenvalue weighted by atomic mass is 35.5. The fourth-order valence-corrected chi connectivity index (χ4v) is 5.66. The van der Waals surface area contributed by atoms with Crippen molar-refractivity contribution in [2.45, 2.75) is 11.3 Å². The first-order chi connectivity index (χ1) is 14.3. The van der Waals surface area contributed by atoms with Crippen LogP contribution in [0.25, 0.3) is 0 Å². The Labute approximate surface area is 185 Å². The molecule has 0 aliphatic carbocycles. The predicted octanol–water partition coefficient (Wildman–Crippen LogP) is 1.93. The summed E-state index contributed by atoms with van der Waals surface area (Å²) in [6.07, 6.45) is 0.109. The molecule has 3 rings (SSSR count). The molecule has 0 spiro atoms. The van der Waals surface area contributed by atoms with E-state index >= 15 is 0 Å². The Morgan fingerprint density at radius 3 is 2.27 bits per heavy atom. The van der Waals surface area contributed by atoms with Gasteiger partial charge in [-0.1, -0.05) is 23.2 Å². The molecule has 0 unspecified atom stereocenters. The van der Waals surface area contributed by atoms with Gasteiger partial charge in [0.1, 0.15) is 4.90 Å². The molecule has 1 aromatic carbocycles. The van der Waals surface area contributed by atoms with Crippen molar-refractivity contribution in [2.75, 3.05) is 59.6 Å². The first kappa shape index (κ1) is 23.1. The number of rotatable bonds is 3. The average Bonchev–Trinajstić information content (AvgIpc) is 2.99. The number of carbonyl (C=O) groups is 2. The van der Waals surface area contributed by atoms with Gasteiger partial charge in [0.15, 0.2) is 0 Å². The maximum atomic E-state index is 13.1. The van der Waals surface area contributed by atoms with Crippen molar-refractivity contribution >= 4 is 45.2 Å². The zero-order valence-electron chi connectivity index (χ0n) is 16.5. The van der Waals surface area contributed by atoms with Crippen molar-refractivity contribution in [3.05, 3.63) is 27.7 Å². The van der Waals surface area contributed by atoms with Crippen molar-refractivity contribution in [2.24, 2.45) is 0 Å². The molecule has 0 atom stereocenters. The number of nitrogens with zero attached hydrogens (tertiary/aromatic N) is 3. The van der Waals surface area contributed by atoms with Gasteiger partial charge in [-0.2, -0.15) is 4.31 Å². The Morgan fingerprint density at radius 2 is 1.60 bits per heavy atom. The molecule has 0 aromatic heterocycles. The fraction of sp³-hybridized carbons (Fsp3) is 0.556. The summed E-state index contributed by atoms with van der Waals surface area (Å²) in [6.45, 7) is 2.45. The third-order valence-corrected chi connectivity index (χ3v) is 7.73. The molecule has 0 radical (unpaired) electrons. The summed E-state index contributed by atoms with van der Waals surface area (Å²) < 4.78 is 37.3. The number of ether oxygens (including phenoxy) is 2. The molecule has 2 aliphatic rings. The summed E-state index contributed by atoms with van der Waals surface area (Å²) in [5, 5.41) is 0.0239. The molecule has 30 heavy (non-hydrogen) atoms. The fourth-order valence-electron chi connectivity index (χ4n) is 3.42. The van der Waals surface area contributed by atoms with Crippen molar-refractivity contribution < 1.29 is 27.5 Å². The second-order valence-electron chi connectivity index (χ2n) is 6.88. The van der Waals surface area contributed by atoms with Gasteiger partial charge in [0, 0.05) is 39.3 Å². The van der Waals surface area contributed by atoms with E-state index in [0.717, 1.165) is 0 Å². The number of halogens is 2. The number of methoxy groups -OCH3 is 1. The van der Waals surface area contributed by atoms with E-state index in [2.05, 4.69) is 0 Å². The lowest BCUT2D eigenvalue weighted by Crippen LogP contribution is -2.41. The molecular weight excluding hydrogens is 457 g/mol. The van der Waals surface area contributed by atoms with Crippen molar-refractivity contribution in [3.8, 4) is 0 Å². The maximum absolute atomic E-state index is 13.1. The van der Waals surface area contributed by atoms with Crippen molar-refractivity contribution in [1.29, 1.82) is 0 Å². The summed E-state index contributed by atoms with van der Waals surface area (Å²) in [7, 11) is -2.60. The highest BCUT2D eigenvalue weighted by Crippen LogP contribution is 2.32. The van der Waals surface area contributed by atoms with Crippen LogP contribution >= 0.6 is 23.2 Å². The summed E-state index contributed by atoms with van der Waals surface area (Å²) in [4.78, 5) is 27.8. The van der Waals surface area contributed by atoms with Crippen molar-refractivity contribution in [3.63, 3.8) is 0 Å². The second kappa shape index (κ2) is 9.69. The van der Waals surface area contributed by atoms with Gasteiger partial charge in [-0.05, 0) is 18.6 Å². The quantitative estimate of drug-likeness (QED) is 0.656. The van der Waals surface area contributed by atoms with Gasteiger partial charge in [0.05, 0.1) is 35.9 Å². The largest absolute Gasteiger partial charge is 0.453 e. The summed E-state index contributed by atoms with van der Waals surface area (Å²) in [5.41, 5.74) is 0.0550. The lowest BCUT2D eigenvalue weighted by molar-refractivity contribution is 0.0729. The average molecular weight is 480 g/mol. The monoisotopic (exact) mass is 479 g/mol. The molecule has 166 valence electrons. The molecule has 0 bridgehead atoms. The number of morpholine rings is 1. The smallest absolute Gasteiger partial charge is 0.409 e. The van der Waals surface area contributed by atoms with E-state index in [0.29, 0.717) is 39.3 Å². The van der Waals surface area contributed by atoms with Gasteiger partial charge >= 0.3 is 6.09 Å². The predicted molar refractivity (Wildman–Crippen MR) is 111 cm³/mol. The van der Waals surface area contributed by atoms with Crippen LogP contribution in [0.5, 0.6) is 0 Å². The summed E-state index contributed by atoms with van der Waals surface area (Å²) >= 11 is 12.4. The first-order valence-corrected chi connectivity index (χ1v) is 11.6. The molecular formula is C18H23Cl2N3O6S. The van der Waals surface area contributed by atoms with Gasteiger partial charge in [0.25, 0.3) is 5.91 Å². The Hall–Kier alpha value is -1.59. The van der Waals surface area contributed by atoms with E-state index in [9.17, 15) is 18.0 Å². The van der Waals surface area contributed by atoms with Crippen LogP contribution < -0.4 is 0 Å². The minimum absolute atomic E-state index is 0.0456. The van der Waals surface area contributed by atoms with Gasteiger partial charge in [-0.25, -0.2) is 13.2 Å². The summed E-state index contributed by atoms with van der Waals surface area (Å²) in [6, 6.07) is 2.52. The molecule has 2 heterocycles. The maximum Gasteiger partial charge on any atom is 0.409 e. The Kier molecular flexibility index (Phi) is 7.46. The van der Waals surface area contributed by atoms with E-state index in [-0.39, 0.29) is 40.1 Å². The normalized spacial score (nSPS) is 18.8. The molecule has 9 nitrogen and oxygen atoms in total. The van der Waals surface area contributed by atoms with Crippen LogP contribution in [0.1, 0.15) is 16.8 Å². The van der Waals surface area contributed by atoms with Gasteiger partial charge in [0.2, 0.25) is 10.0 Å². The van der Waals surface area contributed by atoms with E-state index in [1.54, 1.807) is 4.90 Å². The second-order valence-corrected chi connectivity index (χ2v) is 9.60. The highest BCUT2D eigenvalue weighted by molar-refractivity contribution is 7.89. The zero-order chi connectivity index (χ0) is 21.9. The van der Waals surface area contributed by atoms with E-state index < -0.39 is 22.0 Å². The number of benzene rings is 1. The van der Waals surface area contributed by atoms with Gasteiger partial charge in [-0.15, -0.1) is 0 Å². The van der Waals surface area contributed by atoms with Crippen LogP contribution in [-0.4, -0.2) is 94.1 Å². The van der Waals surface area contributed by atoms with Crippen LogP contribution in [0, 0.1) is 0 Å². The molecule has 2 amide bonds. The number of sulfonamides is 1. The SMILES string of the molecule is COC(=O)N1CCCN(C(=O)c2cc(S(=O)(=O)N3CCOCC3)c(Cl)cc2Cl)CC1. The van der Waals surface area contributed by atoms with E-state index in [4.69, 9.17) is 32.7 Å². The molecule has 12 heteroatoms. The minimum atomic E-state index is -3.90. The van der Waals surface area contributed by atoms with Gasteiger partial charge in [-0.3, -0.25) is 4.79 Å². The zero-order valence-corrected chi connectivity index (χ0v) is 18.8. The van der Waals surface area contributed by atoms with Crippen molar-refractivity contribution in [1.82, 2.24) is 14.1 Å². The Morgan fingerprint density at radius 1 is 0.967 bits per heavy atom. The third-order valence-electron chi connectivity index (χ3n) is 5.06. The molecule has 2 aliphatic heterocycles. The van der Waals surface area contributed by atoms with E-state index in [1.165, 1.54) is 28.4 Å². The molecule has 2 fully saturated rings. The number of carbonyl (C=O) groups excluding carboxylic acids is 2. The lowest BCUT2D eigenvalue weighted by Gasteiger charge is -2.27. The van der Waals surface area contributed by atoms with Crippen LogP contribution in [0.4, 0.5) is 4.79 Å². The molecule has 0 saturated carbocycles. The van der Waals surface area contributed by atoms with Crippen LogP contribution in [0.3, 0.4) is 0 Å². The molecule has 2 saturated heterocycles. The standard InChI is InChI=1S/C18H23Cl2N3O6S/c1-28-18(25)22-4-2-3-21(5-6-22)17(24)13-11-16(15(20)12-14(13)19)30(26,27)23-7-9-29-10-8-23/h11-12H,2-10H2,1H3. The topological polar surface area (TPSA) is 96.5 Å². The molecule has 0 N–H and O–H groups in total. The number of amides is 2. The van der Waals surface area contributed by atoms with Crippen LogP contribution in [-0.2, 0) is 19.5 Å². The first-order valence-electron chi connectivity index (χ1n) is 9.45. The summed E-state index contributed by atoms with van der Waals surface area (Å²) in [5.74, 6) is -0.415. The van der Waals surface area contributed by atoms with E-state index in [1.807, 2.05) is 0 Å². The Balaban J connectivity index is 1.86. The van der Waals surface area contributed by atoms with Crippen LogP contribution in [0.2, 0.25) is 10.0 Å². The molecule has 1 aromatic rings. The lowest BCUT2D eigenvalue weighted by atomic mass is 10.2.